The lowest BCUT2D eigenvalue weighted by Gasteiger charge is -2.04. The number of aromatic nitrogens is 4. The van der Waals surface area contributed by atoms with Crippen LogP contribution in [0.15, 0.2) is 45.5 Å². The fourth-order valence-electron chi connectivity index (χ4n) is 2.73. The van der Waals surface area contributed by atoms with Gasteiger partial charge < -0.3 is 4.52 Å². The molecule has 0 aliphatic rings. The van der Waals surface area contributed by atoms with E-state index in [-0.39, 0.29) is 5.82 Å². The minimum Gasteiger partial charge on any atom is -0.338 e. The number of thiophene rings is 1. The number of hydrogen-bond donors (Lipinski definition) is 0. The monoisotopic (exact) mass is 400 g/mol. The molecule has 0 saturated carbocycles. The molecule has 27 heavy (non-hydrogen) atoms. The Morgan fingerprint density at radius 3 is 2.78 bits per heavy atom. The van der Waals surface area contributed by atoms with E-state index in [0.29, 0.717) is 17.6 Å². The number of thioether (sulfide) groups is 1. The van der Waals surface area contributed by atoms with Crippen LogP contribution in [0.5, 0.6) is 0 Å². The van der Waals surface area contributed by atoms with E-state index >= 15 is 0 Å². The normalized spacial score (nSPS) is 11.6. The fraction of sp³-hybridized carbons (Fsp3) is 0.263. The van der Waals surface area contributed by atoms with Gasteiger partial charge >= 0.3 is 0 Å². The molecule has 0 atom stereocenters. The number of fused-ring (bicyclic) bond motifs is 1. The van der Waals surface area contributed by atoms with E-state index in [1.54, 1.807) is 29.8 Å². The predicted octanol–water partition coefficient (Wildman–Crippen LogP) is 5.37. The van der Waals surface area contributed by atoms with Crippen LogP contribution in [0.1, 0.15) is 25.6 Å². The van der Waals surface area contributed by atoms with Crippen molar-refractivity contribution in [3.63, 3.8) is 0 Å². The second-order valence-electron chi connectivity index (χ2n) is 6.51. The van der Waals surface area contributed by atoms with Crippen LogP contribution >= 0.6 is 23.1 Å². The molecule has 0 N–H and O–H groups in total. The van der Waals surface area contributed by atoms with E-state index in [1.807, 2.05) is 5.38 Å². The summed E-state index contributed by atoms with van der Waals surface area (Å²) in [6.45, 7) is 4.24. The summed E-state index contributed by atoms with van der Waals surface area (Å²) in [5, 5.41) is 7.88. The van der Waals surface area contributed by atoms with Crippen LogP contribution in [-0.2, 0) is 12.2 Å². The van der Waals surface area contributed by atoms with Gasteiger partial charge in [0.1, 0.15) is 22.0 Å². The molecule has 0 aliphatic heterocycles. The quantitative estimate of drug-likeness (QED) is 0.320. The summed E-state index contributed by atoms with van der Waals surface area (Å²) in [5.41, 5.74) is 1.94. The molecule has 4 aromatic rings. The molecule has 0 spiro atoms. The van der Waals surface area contributed by atoms with Gasteiger partial charge in [0.05, 0.1) is 11.1 Å². The van der Waals surface area contributed by atoms with Crippen molar-refractivity contribution in [2.45, 2.75) is 31.0 Å². The molecule has 3 heterocycles. The SMILES string of the molecule is CC(C)Cc1noc(CSc2ncnc3scc(-c4ccc(F)cc4)c23)n1. The smallest absolute Gasteiger partial charge is 0.237 e. The summed E-state index contributed by atoms with van der Waals surface area (Å²) in [5.74, 6) is 2.08. The molecule has 138 valence electrons. The molecule has 0 amide bonds. The molecule has 0 bridgehead atoms. The molecule has 0 fully saturated rings. The average Bonchev–Trinajstić information content (AvgIpc) is 3.27. The second kappa shape index (κ2) is 7.74. The lowest BCUT2D eigenvalue weighted by molar-refractivity contribution is 0.382. The van der Waals surface area contributed by atoms with Gasteiger partial charge in [-0.05, 0) is 23.6 Å². The van der Waals surface area contributed by atoms with Crippen molar-refractivity contribution in [2.75, 3.05) is 0 Å². The highest BCUT2D eigenvalue weighted by atomic mass is 32.2. The van der Waals surface area contributed by atoms with Crippen LogP contribution < -0.4 is 0 Å². The number of halogens is 1. The van der Waals surface area contributed by atoms with Gasteiger partial charge in [0.25, 0.3) is 0 Å². The standard InChI is InChI=1S/C19H17FN4OS2/c1-11(2)7-15-23-16(25-24-15)9-27-19-17-14(8-26-18(17)21-10-22-19)12-3-5-13(20)6-4-12/h3-6,8,10-11H,7,9H2,1-2H3. The third-order valence-corrected chi connectivity index (χ3v) is 5.78. The van der Waals surface area contributed by atoms with E-state index in [4.69, 9.17) is 4.52 Å². The van der Waals surface area contributed by atoms with Crippen LogP contribution in [0.4, 0.5) is 4.39 Å². The highest BCUT2D eigenvalue weighted by molar-refractivity contribution is 7.98. The molecule has 0 saturated heterocycles. The number of benzene rings is 1. The van der Waals surface area contributed by atoms with Crippen molar-refractivity contribution in [1.29, 1.82) is 0 Å². The van der Waals surface area contributed by atoms with Gasteiger partial charge in [-0.2, -0.15) is 4.98 Å². The highest BCUT2D eigenvalue weighted by Crippen LogP contribution is 2.38. The summed E-state index contributed by atoms with van der Waals surface area (Å²) in [6.07, 6.45) is 2.36. The van der Waals surface area contributed by atoms with Crippen LogP contribution in [0, 0.1) is 11.7 Å². The molecule has 1 aromatic carbocycles. The Kier molecular flexibility index (Phi) is 5.18. The zero-order valence-corrected chi connectivity index (χ0v) is 16.5. The Labute approximate surface area is 164 Å². The van der Waals surface area contributed by atoms with Gasteiger partial charge in [-0.25, -0.2) is 14.4 Å². The van der Waals surface area contributed by atoms with Gasteiger partial charge in [-0.3, -0.25) is 0 Å². The number of rotatable bonds is 6. The second-order valence-corrected chi connectivity index (χ2v) is 8.33. The van der Waals surface area contributed by atoms with Crippen molar-refractivity contribution < 1.29 is 8.91 Å². The van der Waals surface area contributed by atoms with E-state index in [1.165, 1.54) is 23.9 Å². The lowest BCUT2D eigenvalue weighted by atomic mass is 10.1. The van der Waals surface area contributed by atoms with Crippen molar-refractivity contribution in [3.05, 3.63) is 53.5 Å². The van der Waals surface area contributed by atoms with Crippen molar-refractivity contribution in [1.82, 2.24) is 20.1 Å². The third-order valence-electron chi connectivity index (χ3n) is 3.92. The van der Waals surface area contributed by atoms with Crippen molar-refractivity contribution >= 4 is 33.3 Å². The van der Waals surface area contributed by atoms with Gasteiger partial charge in [0.2, 0.25) is 5.89 Å². The molecule has 0 unspecified atom stereocenters. The van der Waals surface area contributed by atoms with Gasteiger partial charge in [0.15, 0.2) is 5.82 Å². The largest absolute Gasteiger partial charge is 0.338 e. The topological polar surface area (TPSA) is 64.7 Å². The van der Waals surface area contributed by atoms with E-state index in [0.717, 1.165) is 38.6 Å². The van der Waals surface area contributed by atoms with Crippen LogP contribution in [-0.4, -0.2) is 20.1 Å². The van der Waals surface area contributed by atoms with Crippen LogP contribution in [0.2, 0.25) is 0 Å². The number of nitrogens with zero attached hydrogens (tertiary/aromatic N) is 4. The average molecular weight is 401 g/mol. The molecule has 0 aliphatic carbocycles. The maximum Gasteiger partial charge on any atom is 0.237 e. The van der Waals surface area contributed by atoms with E-state index < -0.39 is 0 Å². The maximum absolute atomic E-state index is 13.3. The highest BCUT2D eigenvalue weighted by Gasteiger charge is 2.15. The molecule has 3 aromatic heterocycles. The van der Waals surface area contributed by atoms with E-state index in [9.17, 15) is 4.39 Å². The summed E-state index contributed by atoms with van der Waals surface area (Å²) in [4.78, 5) is 14.2. The Morgan fingerprint density at radius 2 is 2.00 bits per heavy atom. The molecular formula is C19H17FN4OS2. The zero-order valence-electron chi connectivity index (χ0n) is 14.8. The number of hydrogen-bond acceptors (Lipinski definition) is 7. The van der Waals surface area contributed by atoms with Crippen molar-refractivity contribution in [2.24, 2.45) is 5.92 Å². The summed E-state index contributed by atoms with van der Waals surface area (Å²) in [7, 11) is 0. The Bertz CT molecular complexity index is 1060. The van der Waals surface area contributed by atoms with Crippen LogP contribution in [0.3, 0.4) is 0 Å². The van der Waals surface area contributed by atoms with Gasteiger partial charge in [0, 0.05) is 17.4 Å². The zero-order chi connectivity index (χ0) is 18.8. The van der Waals surface area contributed by atoms with Gasteiger partial charge in [-0.1, -0.05) is 42.9 Å². The maximum atomic E-state index is 13.3. The predicted molar refractivity (Wildman–Crippen MR) is 105 cm³/mol. The molecule has 5 nitrogen and oxygen atoms in total. The Balaban J connectivity index is 1.61. The summed E-state index contributed by atoms with van der Waals surface area (Å²) in [6, 6.07) is 6.47. The fourth-order valence-corrected chi connectivity index (χ4v) is 4.56. The van der Waals surface area contributed by atoms with Gasteiger partial charge in [-0.15, -0.1) is 11.3 Å². The third kappa shape index (κ3) is 4.01. The minimum absolute atomic E-state index is 0.252. The first-order chi connectivity index (χ1) is 13.1. The Hall–Kier alpha value is -2.32. The van der Waals surface area contributed by atoms with Crippen LogP contribution in [0.25, 0.3) is 21.3 Å². The molecule has 4 rings (SSSR count). The summed E-state index contributed by atoms with van der Waals surface area (Å²) < 4.78 is 18.6. The first kappa shape index (κ1) is 18.1. The van der Waals surface area contributed by atoms with E-state index in [2.05, 4.69) is 34.0 Å². The summed E-state index contributed by atoms with van der Waals surface area (Å²) >= 11 is 3.09. The Morgan fingerprint density at radius 1 is 1.19 bits per heavy atom. The van der Waals surface area contributed by atoms with Crippen molar-refractivity contribution in [3.8, 4) is 11.1 Å². The minimum atomic E-state index is -0.252. The molecular weight excluding hydrogens is 383 g/mol. The molecule has 0 radical (unpaired) electrons. The first-order valence-electron chi connectivity index (χ1n) is 8.52. The first-order valence-corrected chi connectivity index (χ1v) is 10.4. The molecule has 8 heteroatoms. The lowest BCUT2D eigenvalue weighted by Crippen LogP contribution is -1.96.